The van der Waals surface area contributed by atoms with Gasteiger partial charge in [0, 0.05) is 4.47 Å². The first kappa shape index (κ1) is 15.5. The van der Waals surface area contributed by atoms with Gasteiger partial charge in [-0.2, -0.15) is 0 Å². The Labute approximate surface area is 120 Å². The monoisotopic (exact) mass is 328 g/mol. The van der Waals surface area contributed by atoms with Crippen LogP contribution in [0.15, 0.2) is 22.7 Å². The van der Waals surface area contributed by atoms with Crippen LogP contribution >= 0.6 is 15.9 Å². The highest BCUT2D eigenvalue weighted by molar-refractivity contribution is 9.10. The second-order valence-electron chi connectivity index (χ2n) is 4.51. The van der Waals surface area contributed by atoms with Gasteiger partial charge in [0.25, 0.3) is 0 Å². The minimum atomic E-state index is -1.28. The zero-order valence-corrected chi connectivity index (χ0v) is 12.7. The SMILES string of the molecule is CCC(C)(NC(=O)Nc1cccc(C)c1Br)C(=O)O. The third kappa shape index (κ3) is 3.70. The molecule has 1 rings (SSSR count). The minimum absolute atomic E-state index is 0.296. The van der Waals surface area contributed by atoms with Crippen LogP contribution in [0.2, 0.25) is 0 Å². The second kappa shape index (κ2) is 6.06. The summed E-state index contributed by atoms with van der Waals surface area (Å²) in [5.41, 5.74) is 0.302. The fourth-order valence-electron chi connectivity index (χ4n) is 1.44. The van der Waals surface area contributed by atoms with Gasteiger partial charge in [-0.25, -0.2) is 9.59 Å². The molecule has 0 heterocycles. The molecule has 0 fully saturated rings. The highest BCUT2D eigenvalue weighted by atomic mass is 79.9. The van der Waals surface area contributed by atoms with Crippen LogP contribution in [0.1, 0.15) is 25.8 Å². The number of nitrogens with one attached hydrogen (secondary N) is 2. The van der Waals surface area contributed by atoms with Crippen LogP contribution in [0.3, 0.4) is 0 Å². The number of carbonyl (C=O) groups is 2. The fraction of sp³-hybridized carbons (Fsp3) is 0.385. The zero-order chi connectivity index (χ0) is 14.6. The van der Waals surface area contributed by atoms with Crippen molar-refractivity contribution in [1.82, 2.24) is 5.32 Å². The highest BCUT2D eigenvalue weighted by Gasteiger charge is 2.32. The second-order valence-corrected chi connectivity index (χ2v) is 5.30. The normalized spacial score (nSPS) is 13.5. The Balaban J connectivity index is 2.81. The molecule has 6 heteroatoms. The first-order chi connectivity index (χ1) is 8.80. The van der Waals surface area contributed by atoms with Crippen LogP contribution in [0.25, 0.3) is 0 Å². The lowest BCUT2D eigenvalue weighted by Crippen LogP contribution is -2.53. The molecule has 0 aliphatic rings. The number of hydrogen-bond acceptors (Lipinski definition) is 2. The number of carboxylic acids is 1. The summed E-state index contributed by atoms with van der Waals surface area (Å²) < 4.78 is 0.777. The number of amides is 2. The van der Waals surface area contributed by atoms with E-state index in [1.807, 2.05) is 19.1 Å². The van der Waals surface area contributed by atoms with Crippen molar-refractivity contribution in [2.75, 3.05) is 5.32 Å². The van der Waals surface area contributed by atoms with E-state index in [9.17, 15) is 9.59 Å². The molecule has 1 aromatic rings. The molecule has 0 bridgehead atoms. The van der Waals surface area contributed by atoms with Gasteiger partial charge in [0.15, 0.2) is 0 Å². The Kier molecular flexibility index (Phi) is 4.94. The van der Waals surface area contributed by atoms with Crippen LogP contribution in [0.4, 0.5) is 10.5 Å². The Morgan fingerprint density at radius 1 is 1.42 bits per heavy atom. The lowest BCUT2D eigenvalue weighted by Gasteiger charge is -2.24. The molecule has 0 aliphatic heterocycles. The molecule has 0 radical (unpaired) electrons. The van der Waals surface area contributed by atoms with Gasteiger partial charge in [0.1, 0.15) is 5.54 Å². The number of anilines is 1. The predicted molar refractivity (Wildman–Crippen MR) is 77.4 cm³/mol. The van der Waals surface area contributed by atoms with Crippen LogP contribution in [0, 0.1) is 6.92 Å². The topological polar surface area (TPSA) is 78.4 Å². The van der Waals surface area contributed by atoms with Crippen LogP contribution in [0.5, 0.6) is 0 Å². The molecular formula is C13H17BrN2O3. The number of urea groups is 1. The van der Waals surface area contributed by atoms with E-state index in [0.717, 1.165) is 10.0 Å². The third-order valence-electron chi connectivity index (χ3n) is 3.01. The molecule has 5 nitrogen and oxygen atoms in total. The van der Waals surface area contributed by atoms with Crippen molar-refractivity contribution >= 4 is 33.6 Å². The Morgan fingerprint density at radius 3 is 2.58 bits per heavy atom. The molecule has 0 aromatic heterocycles. The summed E-state index contributed by atoms with van der Waals surface area (Å²) in [5, 5.41) is 14.2. The number of carboxylic acid groups (broad SMARTS) is 1. The molecular weight excluding hydrogens is 312 g/mol. The van der Waals surface area contributed by atoms with Crippen LogP contribution < -0.4 is 10.6 Å². The number of rotatable bonds is 4. The lowest BCUT2D eigenvalue weighted by molar-refractivity contribution is -0.143. The summed E-state index contributed by atoms with van der Waals surface area (Å²) in [6.45, 7) is 5.08. The molecule has 0 saturated carbocycles. The maximum atomic E-state index is 11.8. The molecule has 0 spiro atoms. The van der Waals surface area contributed by atoms with Crippen molar-refractivity contribution in [1.29, 1.82) is 0 Å². The van der Waals surface area contributed by atoms with Crippen molar-refractivity contribution in [3.63, 3.8) is 0 Å². The summed E-state index contributed by atoms with van der Waals surface area (Å²) in [6, 6.07) is 4.91. The fourth-order valence-corrected chi connectivity index (χ4v) is 1.80. The maximum absolute atomic E-state index is 11.8. The van der Waals surface area contributed by atoms with E-state index in [4.69, 9.17) is 5.11 Å². The Morgan fingerprint density at radius 2 is 2.05 bits per heavy atom. The van der Waals surface area contributed by atoms with Gasteiger partial charge >= 0.3 is 12.0 Å². The molecule has 0 aliphatic carbocycles. The predicted octanol–water partition coefficient (Wildman–Crippen LogP) is 3.13. The molecule has 19 heavy (non-hydrogen) atoms. The van der Waals surface area contributed by atoms with E-state index in [1.54, 1.807) is 13.0 Å². The van der Waals surface area contributed by atoms with E-state index < -0.39 is 17.5 Å². The van der Waals surface area contributed by atoms with Gasteiger partial charge in [-0.3, -0.25) is 0 Å². The minimum Gasteiger partial charge on any atom is -0.480 e. The van der Waals surface area contributed by atoms with E-state index in [-0.39, 0.29) is 0 Å². The van der Waals surface area contributed by atoms with Gasteiger partial charge in [0.05, 0.1) is 5.69 Å². The number of hydrogen-bond donors (Lipinski definition) is 3. The third-order valence-corrected chi connectivity index (χ3v) is 4.06. The van der Waals surface area contributed by atoms with Gasteiger partial charge in [-0.1, -0.05) is 19.1 Å². The van der Waals surface area contributed by atoms with E-state index in [2.05, 4.69) is 26.6 Å². The number of aryl methyl sites for hydroxylation is 1. The summed E-state index contributed by atoms with van der Waals surface area (Å²) in [6.07, 6.45) is 0.296. The van der Waals surface area contributed by atoms with Crippen LogP contribution in [-0.2, 0) is 4.79 Å². The van der Waals surface area contributed by atoms with Crippen molar-refractivity contribution in [2.24, 2.45) is 0 Å². The molecule has 1 aromatic carbocycles. The maximum Gasteiger partial charge on any atom is 0.329 e. The summed E-state index contributed by atoms with van der Waals surface area (Å²) in [7, 11) is 0. The lowest BCUT2D eigenvalue weighted by atomic mass is 10.00. The first-order valence-corrected chi connectivity index (χ1v) is 6.67. The van der Waals surface area contributed by atoms with E-state index >= 15 is 0 Å². The van der Waals surface area contributed by atoms with Crippen molar-refractivity contribution < 1.29 is 14.7 Å². The molecule has 2 amide bonds. The summed E-state index contributed by atoms with van der Waals surface area (Å²) in [4.78, 5) is 23.0. The number of carbonyl (C=O) groups excluding carboxylic acids is 1. The summed E-state index contributed by atoms with van der Waals surface area (Å²) >= 11 is 3.38. The zero-order valence-electron chi connectivity index (χ0n) is 11.1. The molecule has 1 unspecified atom stereocenters. The smallest absolute Gasteiger partial charge is 0.329 e. The largest absolute Gasteiger partial charge is 0.480 e. The van der Waals surface area contributed by atoms with E-state index in [0.29, 0.717) is 12.1 Å². The molecule has 0 saturated heterocycles. The van der Waals surface area contributed by atoms with Gasteiger partial charge in [-0.15, -0.1) is 0 Å². The van der Waals surface area contributed by atoms with Crippen molar-refractivity contribution in [2.45, 2.75) is 32.7 Å². The quantitative estimate of drug-likeness (QED) is 0.794. The average Bonchev–Trinajstić information content (AvgIpc) is 2.34. The molecule has 104 valence electrons. The van der Waals surface area contributed by atoms with Crippen LogP contribution in [-0.4, -0.2) is 22.6 Å². The molecule has 1 atom stereocenters. The number of benzene rings is 1. The van der Waals surface area contributed by atoms with Gasteiger partial charge in [0.2, 0.25) is 0 Å². The highest BCUT2D eigenvalue weighted by Crippen LogP contribution is 2.25. The number of aliphatic carboxylic acids is 1. The molecule has 3 N–H and O–H groups in total. The van der Waals surface area contributed by atoms with Gasteiger partial charge in [-0.05, 0) is 47.8 Å². The first-order valence-electron chi connectivity index (χ1n) is 5.88. The van der Waals surface area contributed by atoms with Crippen molar-refractivity contribution in [3.8, 4) is 0 Å². The van der Waals surface area contributed by atoms with Gasteiger partial charge < -0.3 is 15.7 Å². The van der Waals surface area contributed by atoms with E-state index in [1.165, 1.54) is 6.92 Å². The Bertz CT molecular complexity index is 505. The van der Waals surface area contributed by atoms with Crippen molar-refractivity contribution in [3.05, 3.63) is 28.2 Å². The average molecular weight is 329 g/mol. The Hall–Kier alpha value is -1.56. The number of halogens is 1. The standard InChI is InChI=1S/C13H17BrN2O3/c1-4-13(3,11(17)18)16-12(19)15-9-7-5-6-8(2)10(9)14/h5-7H,4H2,1-3H3,(H,17,18)(H2,15,16,19). The summed E-state index contributed by atoms with van der Waals surface area (Å²) in [5.74, 6) is -1.06.